The molecule has 5 heteroatoms. The molecule has 1 rings (SSSR count). The monoisotopic (exact) mass is 342 g/mol. The van der Waals surface area contributed by atoms with Gasteiger partial charge in [-0.3, -0.25) is 4.79 Å². The van der Waals surface area contributed by atoms with E-state index < -0.39 is 0 Å². The van der Waals surface area contributed by atoms with E-state index in [1.807, 2.05) is 19.2 Å². The standard InChI is InChI=1S/C15H20BrFN2O/c1-4-13(18-3)6-5-9-19(11(2)20)15-10-12(17)7-8-14(15)16/h5-8,10,13,18H,4,9H2,1-3H3/b6-5+. The van der Waals surface area contributed by atoms with E-state index in [1.165, 1.54) is 24.0 Å². The molecule has 0 aromatic heterocycles. The topological polar surface area (TPSA) is 32.3 Å². The van der Waals surface area contributed by atoms with Crippen LogP contribution in [0, 0.1) is 5.82 Å². The number of anilines is 1. The molecule has 1 aromatic carbocycles. The molecule has 0 spiro atoms. The number of nitrogens with one attached hydrogen (secondary N) is 1. The van der Waals surface area contributed by atoms with Crippen molar-refractivity contribution < 1.29 is 9.18 Å². The summed E-state index contributed by atoms with van der Waals surface area (Å²) >= 11 is 3.35. The molecule has 0 saturated heterocycles. The Morgan fingerprint density at radius 2 is 2.25 bits per heavy atom. The number of hydrogen-bond acceptors (Lipinski definition) is 2. The first kappa shape index (κ1) is 16.9. The number of rotatable bonds is 6. The average Bonchev–Trinajstić information content (AvgIpc) is 2.42. The Morgan fingerprint density at radius 3 is 2.80 bits per heavy atom. The predicted molar refractivity (Wildman–Crippen MR) is 84.4 cm³/mol. The summed E-state index contributed by atoms with van der Waals surface area (Å²) in [6.07, 6.45) is 4.91. The van der Waals surface area contributed by atoms with Crippen molar-refractivity contribution in [1.82, 2.24) is 5.32 Å². The fourth-order valence-electron chi connectivity index (χ4n) is 1.86. The zero-order chi connectivity index (χ0) is 15.1. The summed E-state index contributed by atoms with van der Waals surface area (Å²) in [6, 6.07) is 4.59. The van der Waals surface area contributed by atoms with Gasteiger partial charge in [-0.2, -0.15) is 0 Å². The van der Waals surface area contributed by atoms with Crippen molar-refractivity contribution in [2.24, 2.45) is 0 Å². The Bertz CT molecular complexity index is 487. The molecule has 0 aliphatic heterocycles. The van der Waals surface area contributed by atoms with Gasteiger partial charge in [0.1, 0.15) is 5.82 Å². The number of carbonyl (C=O) groups excluding carboxylic acids is 1. The molecule has 1 unspecified atom stereocenters. The Kier molecular flexibility index (Phi) is 6.88. The molecule has 3 nitrogen and oxygen atoms in total. The number of amides is 1. The van der Waals surface area contributed by atoms with E-state index in [1.54, 1.807) is 6.07 Å². The maximum absolute atomic E-state index is 13.3. The number of hydrogen-bond donors (Lipinski definition) is 1. The fraction of sp³-hybridized carbons (Fsp3) is 0.400. The zero-order valence-electron chi connectivity index (χ0n) is 12.0. The van der Waals surface area contributed by atoms with Crippen molar-refractivity contribution in [3.8, 4) is 0 Å². The second-order valence-electron chi connectivity index (χ2n) is 4.46. The van der Waals surface area contributed by atoms with Crippen LogP contribution in [0.2, 0.25) is 0 Å². The fourth-order valence-corrected chi connectivity index (χ4v) is 2.32. The molecular weight excluding hydrogens is 323 g/mol. The highest BCUT2D eigenvalue weighted by atomic mass is 79.9. The highest BCUT2D eigenvalue weighted by Gasteiger charge is 2.14. The molecule has 0 aliphatic rings. The molecule has 1 aromatic rings. The van der Waals surface area contributed by atoms with Crippen LogP contribution in [0.4, 0.5) is 10.1 Å². The molecule has 0 heterocycles. The summed E-state index contributed by atoms with van der Waals surface area (Å²) in [6.45, 7) is 3.97. The first-order chi connectivity index (χ1) is 9.49. The Labute approximate surface area is 128 Å². The summed E-state index contributed by atoms with van der Waals surface area (Å²) < 4.78 is 14.0. The predicted octanol–water partition coefficient (Wildman–Crippen LogP) is 3.50. The third-order valence-electron chi connectivity index (χ3n) is 3.05. The summed E-state index contributed by atoms with van der Waals surface area (Å²) in [7, 11) is 1.89. The average molecular weight is 343 g/mol. The van der Waals surface area contributed by atoms with Gasteiger partial charge in [0.25, 0.3) is 0 Å². The van der Waals surface area contributed by atoms with Crippen LogP contribution in [0.3, 0.4) is 0 Å². The van der Waals surface area contributed by atoms with E-state index in [2.05, 4.69) is 28.2 Å². The number of nitrogens with zero attached hydrogens (tertiary/aromatic N) is 1. The van der Waals surface area contributed by atoms with Crippen molar-refractivity contribution in [2.75, 3.05) is 18.5 Å². The molecule has 110 valence electrons. The third kappa shape index (κ3) is 4.72. The van der Waals surface area contributed by atoms with Gasteiger partial charge in [-0.05, 0) is 47.6 Å². The highest BCUT2D eigenvalue weighted by Crippen LogP contribution is 2.27. The Hall–Kier alpha value is -1.20. The lowest BCUT2D eigenvalue weighted by molar-refractivity contribution is -0.116. The smallest absolute Gasteiger partial charge is 0.224 e. The van der Waals surface area contributed by atoms with Gasteiger partial charge in [0.05, 0.1) is 5.69 Å². The van der Waals surface area contributed by atoms with Crippen LogP contribution in [-0.2, 0) is 4.79 Å². The molecule has 0 fully saturated rings. The molecule has 0 radical (unpaired) electrons. The lowest BCUT2D eigenvalue weighted by atomic mass is 10.2. The largest absolute Gasteiger partial charge is 0.314 e. The zero-order valence-corrected chi connectivity index (χ0v) is 13.6. The van der Waals surface area contributed by atoms with Gasteiger partial charge in [0.2, 0.25) is 5.91 Å². The number of carbonyl (C=O) groups is 1. The number of halogens is 2. The van der Waals surface area contributed by atoms with E-state index in [4.69, 9.17) is 0 Å². The van der Waals surface area contributed by atoms with E-state index in [-0.39, 0.29) is 17.8 Å². The molecule has 1 N–H and O–H groups in total. The minimum Gasteiger partial charge on any atom is -0.314 e. The van der Waals surface area contributed by atoms with Crippen LogP contribution in [0.15, 0.2) is 34.8 Å². The van der Waals surface area contributed by atoms with Crippen molar-refractivity contribution in [3.63, 3.8) is 0 Å². The van der Waals surface area contributed by atoms with E-state index in [9.17, 15) is 9.18 Å². The van der Waals surface area contributed by atoms with Crippen LogP contribution >= 0.6 is 15.9 Å². The van der Waals surface area contributed by atoms with Gasteiger partial charge in [0, 0.05) is 24.0 Å². The quantitative estimate of drug-likeness (QED) is 0.802. The first-order valence-corrected chi connectivity index (χ1v) is 7.36. The maximum Gasteiger partial charge on any atom is 0.224 e. The number of likely N-dealkylation sites (N-methyl/N-ethyl adjacent to an activating group) is 1. The Morgan fingerprint density at radius 1 is 1.55 bits per heavy atom. The minimum atomic E-state index is -0.361. The van der Waals surface area contributed by atoms with Crippen molar-refractivity contribution in [1.29, 1.82) is 0 Å². The van der Waals surface area contributed by atoms with Crippen molar-refractivity contribution in [3.05, 3.63) is 40.6 Å². The maximum atomic E-state index is 13.3. The van der Waals surface area contributed by atoms with Gasteiger partial charge >= 0.3 is 0 Å². The SMILES string of the molecule is CCC(/C=C/CN(C(C)=O)c1cc(F)ccc1Br)NC. The Balaban J connectivity index is 2.90. The van der Waals surface area contributed by atoms with Crippen LogP contribution < -0.4 is 10.2 Å². The van der Waals surface area contributed by atoms with Crippen LogP contribution in [0.25, 0.3) is 0 Å². The van der Waals surface area contributed by atoms with Crippen molar-refractivity contribution >= 4 is 27.5 Å². The third-order valence-corrected chi connectivity index (χ3v) is 3.72. The lowest BCUT2D eigenvalue weighted by Crippen LogP contribution is -2.29. The lowest BCUT2D eigenvalue weighted by Gasteiger charge is -2.21. The van der Waals surface area contributed by atoms with Crippen LogP contribution in [0.1, 0.15) is 20.3 Å². The summed E-state index contributed by atoms with van der Waals surface area (Å²) in [5.74, 6) is -0.487. The van der Waals surface area contributed by atoms with Gasteiger partial charge in [-0.1, -0.05) is 19.1 Å². The molecule has 1 amide bonds. The van der Waals surface area contributed by atoms with Gasteiger partial charge in [0.15, 0.2) is 0 Å². The second-order valence-corrected chi connectivity index (χ2v) is 5.31. The highest BCUT2D eigenvalue weighted by molar-refractivity contribution is 9.10. The molecule has 1 atom stereocenters. The van der Waals surface area contributed by atoms with Crippen LogP contribution in [-0.4, -0.2) is 25.5 Å². The van der Waals surface area contributed by atoms with E-state index in [0.717, 1.165) is 6.42 Å². The molecular formula is C15H20BrFN2O. The van der Waals surface area contributed by atoms with Crippen LogP contribution in [0.5, 0.6) is 0 Å². The minimum absolute atomic E-state index is 0.126. The summed E-state index contributed by atoms with van der Waals surface area (Å²) in [4.78, 5) is 13.3. The molecule has 0 bridgehead atoms. The summed E-state index contributed by atoms with van der Waals surface area (Å²) in [5, 5.41) is 3.16. The second kappa shape index (κ2) is 8.17. The molecule has 0 aliphatic carbocycles. The summed E-state index contributed by atoms with van der Waals surface area (Å²) in [5.41, 5.74) is 0.541. The van der Waals surface area contributed by atoms with Gasteiger partial charge < -0.3 is 10.2 Å². The van der Waals surface area contributed by atoms with Gasteiger partial charge in [-0.15, -0.1) is 0 Å². The number of benzene rings is 1. The normalized spacial score (nSPS) is 12.7. The molecule has 0 saturated carbocycles. The van der Waals surface area contributed by atoms with E-state index >= 15 is 0 Å². The first-order valence-electron chi connectivity index (χ1n) is 6.56. The molecule has 20 heavy (non-hydrogen) atoms. The van der Waals surface area contributed by atoms with Gasteiger partial charge in [-0.25, -0.2) is 4.39 Å². The van der Waals surface area contributed by atoms with Crippen molar-refractivity contribution in [2.45, 2.75) is 26.3 Å². The van der Waals surface area contributed by atoms with E-state index in [0.29, 0.717) is 16.7 Å².